The van der Waals surface area contributed by atoms with Crippen LogP contribution in [0.15, 0.2) is 53.1 Å². The lowest BCUT2D eigenvalue weighted by Gasteiger charge is -2.12. The van der Waals surface area contributed by atoms with E-state index in [1.807, 2.05) is 18.2 Å². The smallest absolute Gasteiger partial charge is 0.104 e. The number of hydrogen-bond donors (Lipinski definition) is 0. The Morgan fingerprint density at radius 3 is 2.44 bits per heavy atom. The maximum absolute atomic E-state index is 5.99. The molecule has 0 saturated heterocycles. The zero-order chi connectivity index (χ0) is 11.2. The zero-order valence-electron chi connectivity index (χ0n) is 9.10. The molecule has 0 fully saturated rings. The molecule has 0 aliphatic rings. The van der Waals surface area contributed by atoms with Gasteiger partial charge in [-0.25, -0.2) is 0 Å². The Labute approximate surface area is 101 Å². The number of halogens is 1. The van der Waals surface area contributed by atoms with Crippen molar-refractivity contribution in [2.45, 2.75) is 12.8 Å². The lowest BCUT2D eigenvalue weighted by Crippen LogP contribution is -2.09. The van der Waals surface area contributed by atoms with Crippen LogP contribution in [0.3, 0.4) is 0 Å². The third kappa shape index (κ3) is 3.14. The van der Waals surface area contributed by atoms with E-state index in [4.69, 9.17) is 16.0 Å². The monoisotopic (exact) mass is 234 g/mol. The molecule has 1 unspecified atom stereocenters. The van der Waals surface area contributed by atoms with Crippen molar-refractivity contribution in [3.05, 3.63) is 60.1 Å². The first-order valence-corrected chi connectivity index (χ1v) is 6.04. The van der Waals surface area contributed by atoms with Gasteiger partial charge in [0, 0.05) is 12.3 Å². The SMILES string of the molecule is ClCC(Cc1ccccc1)Cc1ccco1. The van der Waals surface area contributed by atoms with E-state index in [0.717, 1.165) is 18.6 Å². The van der Waals surface area contributed by atoms with Crippen molar-refractivity contribution >= 4 is 11.6 Å². The van der Waals surface area contributed by atoms with E-state index < -0.39 is 0 Å². The fourth-order valence-corrected chi connectivity index (χ4v) is 2.06. The summed E-state index contributed by atoms with van der Waals surface area (Å²) in [7, 11) is 0. The van der Waals surface area contributed by atoms with Crippen molar-refractivity contribution in [2.24, 2.45) is 5.92 Å². The maximum Gasteiger partial charge on any atom is 0.104 e. The highest BCUT2D eigenvalue weighted by molar-refractivity contribution is 6.18. The summed E-state index contributed by atoms with van der Waals surface area (Å²) in [6.07, 6.45) is 3.62. The number of rotatable bonds is 5. The fraction of sp³-hybridized carbons (Fsp3) is 0.286. The third-order valence-electron chi connectivity index (χ3n) is 2.66. The Balaban J connectivity index is 1.96. The van der Waals surface area contributed by atoms with Gasteiger partial charge in [-0.15, -0.1) is 11.6 Å². The molecule has 1 heterocycles. The minimum Gasteiger partial charge on any atom is -0.469 e. The molecule has 0 bridgehead atoms. The normalized spacial score (nSPS) is 12.6. The van der Waals surface area contributed by atoms with Crippen molar-refractivity contribution in [3.8, 4) is 0 Å². The van der Waals surface area contributed by atoms with E-state index in [9.17, 15) is 0 Å². The first kappa shape index (κ1) is 11.3. The summed E-state index contributed by atoms with van der Waals surface area (Å²) < 4.78 is 5.34. The Bertz CT molecular complexity index is 394. The van der Waals surface area contributed by atoms with Crippen LogP contribution in [0.1, 0.15) is 11.3 Å². The first-order chi connectivity index (χ1) is 7.88. The van der Waals surface area contributed by atoms with Crippen LogP contribution in [0.4, 0.5) is 0 Å². The number of benzene rings is 1. The summed E-state index contributed by atoms with van der Waals surface area (Å²) in [4.78, 5) is 0. The van der Waals surface area contributed by atoms with Crippen LogP contribution in [0, 0.1) is 5.92 Å². The zero-order valence-corrected chi connectivity index (χ0v) is 9.86. The molecule has 0 radical (unpaired) electrons. The lowest BCUT2D eigenvalue weighted by molar-refractivity contribution is 0.458. The molecule has 1 aromatic carbocycles. The molecule has 2 aromatic rings. The Morgan fingerprint density at radius 1 is 1.00 bits per heavy atom. The summed E-state index contributed by atoms with van der Waals surface area (Å²) >= 11 is 5.99. The summed E-state index contributed by atoms with van der Waals surface area (Å²) in [5, 5.41) is 0. The quantitative estimate of drug-likeness (QED) is 0.715. The third-order valence-corrected chi connectivity index (χ3v) is 3.09. The maximum atomic E-state index is 5.99. The van der Waals surface area contributed by atoms with Gasteiger partial charge in [0.05, 0.1) is 6.26 Å². The fourth-order valence-electron chi connectivity index (χ4n) is 1.84. The largest absolute Gasteiger partial charge is 0.469 e. The molecule has 2 heteroatoms. The highest BCUT2D eigenvalue weighted by Gasteiger charge is 2.10. The molecule has 0 saturated carbocycles. The summed E-state index contributed by atoms with van der Waals surface area (Å²) in [6.45, 7) is 0. The van der Waals surface area contributed by atoms with Crippen LogP contribution < -0.4 is 0 Å². The van der Waals surface area contributed by atoms with Crippen molar-refractivity contribution in [1.82, 2.24) is 0 Å². The Kier molecular flexibility index (Phi) is 4.06. The van der Waals surface area contributed by atoms with Crippen molar-refractivity contribution < 1.29 is 4.42 Å². The minimum atomic E-state index is 0.440. The second-order valence-electron chi connectivity index (χ2n) is 3.99. The van der Waals surface area contributed by atoms with Gasteiger partial charge in [0.2, 0.25) is 0 Å². The molecule has 0 N–H and O–H groups in total. The Morgan fingerprint density at radius 2 is 1.81 bits per heavy atom. The van der Waals surface area contributed by atoms with Crippen LogP contribution in [-0.4, -0.2) is 5.88 Å². The molecular weight excluding hydrogens is 220 g/mol. The van der Waals surface area contributed by atoms with E-state index in [0.29, 0.717) is 11.8 Å². The molecule has 1 nitrogen and oxygen atoms in total. The van der Waals surface area contributed by atoms with Gasteiger partial charge in [0.25, 0.3) is 0 Å². The van der Waals surface area contributed by atoms with Gasteiger partial charge in [-0.2, -0.15) is 0 Å². The second kappa shape index (κ2) is 5.76. The van der Waals surface area contributed by atoms with Crippen molar-refractivity contribution in [1.29, 1.82) is 0 Å². The molecular formula is C14H15ClO. The minimum absolute atomic E-state index is 0.440. The van der Waals surface area contributed by atoms with E-state index in [1.54, 1.807) is 6.26 Å². The molecule has 2 rings (SSSR count). The van der Waals surface area contributed by atoms with Gasteiger partial charge in [0.1, 0.15) is 5.76 Å². The molecule has 0 amide bonds. The van der Waals surface area contributed by atoms with Gasteiger partial charge in [0.15, 0.2) is 0 Å². The van der Waals surface area contributed by atoms with Crippen LogP contribution in [0.25, 0.3) is 0 Å². The molecule has 0 aliphatic carbocycles. The van der Waals surface area contributed by atoms with Gasteiger partial charge in [-0.05, 0) is 30.0 Å². The average molecular weight is 235 g/mol. The second-order valence-corrected chi connectivity index (χ2v) is 4.30. The van der Waals surface area contributed by atoms with Crippen LogP contribution in [0.2, 0.25) is 0 Å². The predicted octanol–water partition coefficient (Wildman–Crippen LogP) is 3.92. The number of furan rings is 1. The summed E-state index contributed by atoms with van der Waals surface area (Å²) in [6, 6.07) is 14.4. The highest BCUT2D eigenvalue weighted by Crippen LogP contribution is 2.16. The van der Waals surface area contributed by atoms with Crippen molar-refractivity contribution in [3.63, 3.8) is 0 Å². The molecule has 16 heavy (non-hydrogen) atoms. The van der Waals surface area contributed by atoms with Crippen LogP contribution in [0.5, 0.6) is 0 Å². The first-order valence-electron chi connectivity index (χ1n) is 5.50. The highest BCUT2D eigenvalue weighted by atomic mass is 35.5. The van der Waals surface area contributed by atoms with E-state index in [-0.39, 0.29) is 0 Å². The number of alkyl halides is 1. The molecule has 0 spiro atoms. The number of hydrogen-bond acceptors (Lipinski definition) is 1. The molecule has 0 aliphatic heterocycles. The summed E-state index contributed by atoms with van der Waals surface area (Å²) in [5.41, 5.74) is 1.33. The molecule has 84 valence electrons. The van der Waals surface area contributed by atoms with E-state index in [1.165, 1.54) is 5.56 Å². The standard InChI is InChI=1S/C14H15ClO/c15-11-13(10-14-7-4-8-16-14)9-12-5-2-1-3-6-12/h1-8,13H,9-11H2. The van der Waals surface area contributed by atoms with Crippen LogP contribution in [-0.2, 0) is 12.8 Å². The van der Waals surface area contributed by atoms with E-state index >= 15 is 0 Å². The topological polar surface area (TPSA) is 13.1 Å². The van der Waals surface area contributed by atoms with Gasteiger partial charge in [-0.1, -0.05) is 30.3 Å². The average Bonchev–Trinajstić information content (AvgIpc) is 2.82. The molecule has 1 atom stereocenters. The predicted molar refractivity (Wildman–Crippen MR) is 66.8 cm³/mol. The van der Waals surface area contributed by atoms with Crippen molar-refractivity contribution in [2.75, 3.05) is 5.88 Å². The van der Waals surface area contributed by atoms with E-state index in [2.05, 4.69) is 24.3 Å². The lowest BCUT2D eigenvalue weighted by atomic mass is 9.97. The van der Waals surface area contributed by atoms with Gasteiger partial charge in [-0.3, -0.25) is 0 Å². The van der Waals surface area contributed by atoms with Gasteiger partial charge < -0.3 is 4.42 Å². The van der Waals surface area contributed by atoms with Crippen LogP contribution >= 0.6 is 11.6 Å². The summed E-state index contributed by atoms with van der Waals surface area (Å²) in [5.74, 6) is 2.12. The molecule has 1 aromatic heterocycles. The van der Waals surface area contributed by atoms with Gasteiger partial charge >= 0.3 is 0 Å². The Hall–Kier alpha value is -1.21.